The third-order valence-electron chi connectivity index (χ3n) is 4.03. The van der Waals surface area contributed by atoms with E-state index < -0.39 is 0 Å². The highest BCUT2D eigenvalue weighted by molar-refractivity contribution is 6.31. The van der Waals surface area contributed by atoms with E-state index in [1.54, 1.807) is 0 Å². The number of aromatic nitrogens is 1. The molecule has 0 radical (unpaired) electrons. The maximum Gasteiger partial charge on any atom is 0.130 e. The third kappa shape index (κ3) is 2.21. The lowest BCUT2D eigenvalue weighted by Crippen LogP contribution is -2.51. The first-order valence-corrected chi connectivity index (χ1v) is 7.17. The van der Waals surface area contributed by atoms with Gasteiger partial charge in [0.2, 0.25) is 0 Å². The quantitative estimate of drug-likeness (QED) is 0.891. The molecule has 1 aromatic rings. The molecule has 1 aromatic heterocycles. The van der Waals surface area contributed by atoms with E-state index in [0.29, 0.717) is 18.0 Å². The Morgan fingerprint density at radius 1 is 1.33 bits per heavy atom. The summed E-state index contributed by atoms with van der Waals surface area (Å²) in [6.07, 6.45) is 4.52. The van der Waals surface area contributed by atoms with Crippen molar-refractivity contribution in [3.8, 4) is 0 Å². The van der Waals surface area contributed by atoms with Crippen LogP contribution in [0.3, 0.4) is 0 Å². The van der Waals surface area contributed by atoms with Crippen molar-refractivity contribution in [2.24, 2.45) is 0 Å². The Morgan fingerprint density at radius 2 is 2.00 bits per heavy atom. The normalized spacial score (nSPS) is 27.0. The van der Waals surface area contributed by atoms with Crippen molar-refractivity contribution in [2.75, 3.05) is 18.0 Å². The van der Waals surface area contributed by atoms with Crippen molar-refractivity contribution >= 4 is 17.4 Å². The fraction of sp³-hybridized carbons (Fsp3) is 0.643. The number of nitrogens with one attached hydrogen (secondary N) is 1. The average Bonchev–Trinajstić information content (AvgIpc) is 2.67. The van der Waals surface area contributed by atoms with Crippen LogP contribution in [0.25, 0.3) is 0 Å². The van der Waals surface area contributed by atoms with E-state index in [1.807, 2.05) is 12.3 Å². The van der Waals surface area contributed by atoms with Crippen LogP contribution in [0.15, 0.2) is 12.3 Å². The first-order valence-electron chi connectivity index (χ1n) is 6.80. The van der Waals surface area contributed by atoms with Gasteiger partial charge < -0.3 is 10.2 Å². The van der Waals surface area contributed by atoms with Gasteiger partial charge in [0.15, 0.2) is 0 Å². The minimum Gasteiger partial charge on any atom is -0.353 e. The summed E-state index contributed by atoms with van der Waals surface area (Å²) in [5.41, 5.74) is 1.14. The summed E-state index contributed by atoms with van der Waals surface area (Å²) in [6.45, 7) is 6.41. The fourth-order valence-corrected chi connectivity index (χ4v) is 3.38. The number of pyridine rings is 1. The summed E-state index contributed by atoms with van der Waals surface area (Å²) < 4.78 is 0. The van der Waals surface area contributed by atoms with Gasteiger partial charge in [-0.15, -0.1) is 0 Å². The van der Waals surface area contributed by atoms with E-state index in [0.717, 1.165) is 29.5 Å². The fourth-order valence-electron chi connectivity index (χ4n) is 3.01. The molecule has 0 aliphatic carbocycles. The topological polar surface area (TPSA) is 28.2 Å². The van der Waals surface area contributed by atoms with Crippen molar-refractivity contribution in [2.45, 2.75) is 44.7 Å². The van der Waals surface area contributed by atoms with Gasteiger partial charge in [-0.25, -0.2) is 4.98 Å². The molecule has 3 rings (SSSR count). The van der Waals surface area contributed by atoms with Crippen molar-refractivity contribution in [3.05, 3.63) is 22.8 Å². The summed E-state index contributed by atoms with van der Waals surface area (Å²) in [6, 6.07) is 3.30. The van der Waals surface area contributed by atoms with Gasteiger partial charge in [0.1, 0.15) is 5.82 Å². The summed E-state index contributed by atoms with van der Waals surface area (Å²) in [7, 11) is 0. The van der Waals surface area contributed by atoms with Crippen molar-refractivity contribution in [1.82, 2.24) is 10.3 Å². The van der Waals surface area contributed by atoms with Crippen LogP contribution in [0, 0.1) is 0 Å². The zero-order chi connectivity index (χ0) is 12.7. The molecule has 4 heteroatoms. The number of anilines is 1. The van der Waals surface area contributed by atoms with Gasteiger partial charge in [0, 0.05) is 36.4 Å². The second-order valence-electron chi connectivity index (χ2n) is 5.76. The lowest BCUT2D eigenvalue weighted by atomic mass is 10.1. The minimum absolute atomic E-state index is 0.429. The minimum atomic E-state index is 0.429. The third-order valence-corrected chi connectivity index (χ3v) is 4.36. The van der Waals surface area contributed by atoms with Crippen LogP contribution in [0.4, 0.5) is 5.82 Å². The number of halogens is 1. The van der Waals surface area contributed by atoms with Gasteiger partial charge in [-0.3, -0.25) is 0 Å². The van der Waals surface area contributed by atoms with Gasteiger partial charge in [-0.05, 0) is 30.4 Å². The van der Waals surface area contributed by atoms with Crippen LogP contribution >= 0.6 is 11.6 Å². The Bertz CT molecular complexity index is 435. The van der Waals surface area contributed by atoms with Crippen molar-refractivity contribution < 1.29 is 0 Å². The molecular weight excluding hydrogens is 246 g/mol. The molecule has 3 heterocycles. The molecule has 2 atom stereocenters. The lowest BCUT2D eigenvalue weighted by Gasteiger charge is -2.34. The molecule has 0 aromatic carbocycles. The SMILES string of the molecule is CC(C)c1cnc(N2CC3CCC(C2)N3)cc1Cl. The Labute approximate surface area is 114 Å². The molecule has 1 N–H and O–H groups in total. The highest BCUT2D eigenvalue weighted by atomic mass is 35.5. The van der Waals surface area contributed by atoms with Crippen LogP contribution in [-0.2, 0) is 0 Å². The standard InChI is InChI=1S/C14H20ClN3/c1-9(2)12-6-16-14(5-13(12)15)18-7-10-3-4-11(8-18)17-10/h5-6,9-11,17H,3-4,7-8H2,1-2H3. The molecule has 18 heavy (non-hydrogen) atoms. The average molecular weight is 266 g/mol. The smallest absolute Gasteiger partial charge is 0.130 e. The highest BCUT2D eigenvalue weighted by Crippen LogP contribution is 2.29. The molecule has 0 amide bonds. The van der Waals surface area contributed by atoms with Gasteiger partial charge in [-0.1, -0.05) is 25.4 Å². The maximum atomic E-state index is 6.35. The van der Waals surface area contributed by atoms with E-state index in [2.05, 4.69) is 29.0 Å². The second-order valence-corrected chi connectivity index (χ2v) is 6.17. The number of hydrogen-bond acceptors (Lipinski definition) is 3. The zero-order valence-corrected chi connectivity index (χ0v) is 11.7. The van der Waals surface area contributed by atoms with Crippen LogP contribution in [0.1, 0.15) is 38.2 Å². The van der Waals surface area contributed by atoms with E-state index in [9.17, 15) is 0 Å². The van der Waals surface area contributed by atoms with Crippen LogP contribution in [0.5, 0.6) is 0 Å². The Hall–Kier alpha value is -0.800. The molecule has 0 saturated carbocycles. The number of hydrogen-bond donors (Lipinski definition) is 1. The van der Waals surface area contributed by atoms with Gasteiger partial charge in [0.25, 0.3) is 0 Å². The first-order chi connectivity index (χ1) is 8.63. The predicted octanol–water partition coefficient (Wildman–Crippen LogP) is 2.80. The molecule has 2 aliphatic rings. The Balaban J connectivity index is 1.82. The van der Waals surface area contributed by atoms with E-state index in [-0.39, 0.29) is 0 Å². The number of piperazine rings is 1. The van der Waals surface area contributed by atoms with Crippen molar-refractivity contribution in [1.29, 1.82) is 0 Å². The first kappa shape index (κ1) is 12.2. The van der Waals surface area contributed by atoms with Crippen LogP contribution < -0.4 is 10.2 Å². The predicted molar refractivity (Wildman–Crippen MR) is 75.5 cm³/mol. The van der Waals surface area contributed by atoms with Crippen molar-refractivity contribution in [3.63, 3.8) is 0 Å². The number of rotatable bonds is 2. The van der Waals surface area contributed by atoms with Crippen LogP contribution in [-0.4, -0.2) is 30.2 Å². The number of nitrogens with zero attached hydrogens (tertiary/aromatic N) is 2. The highest BCUT2D eigenvalue weighted by Gasteiger charge is 2.32. The van der Waals surface area contributed by atoms with Gasteiger partial charge in [-0.2, -0.15) is 0 Å². The molecule has 2 unspecified atom stereocenters. The molecule has 2 fully saturated rings. The molecule has 2 saturated heterocycles. The molecule has 0 spiro atoms. The monoisotopic (exact) mass is 265 g/mol. The summed E-state index contributed by atoms with van der Waals surface area (Å²) in [5, 5.41) is 4.48. The maximum absolute atomic E-state index is 6.35. The molecule has 98 valence electrons. The van der Waals surface area contributed by atoms with E-state index >= 15 is 0 Å². The molecule has 2 aliphatic heterocycles. The van der Waals surface area contributed by atoms with E-state index in [4.69, 9.17) is 11.6 Å². The largest absolute Gasteiger partial charge is 0.353 e. The Morgan fingerprint density at radius 3 is 2.56 bits per heavy atom. The van der Waals surface area contributed by atoms with Gasteiger partial charge in [0.05, 0.1) is 0 Å². The molecule has 2 bridgehead atoms. The second kappa shape index (κ2) is 4.71. The summed E-state index contributed by atoms with van der Waals surface area (Å²) in [4.78, 5) is 6.96. The van der Waals surface area contributed by atoms with Crippen LogP contribution in [0.2, 0.25) is 5.02 Å². The zero-order valence-electron chi connectivity index (χ0n) is 11.0. The summed E-state index contributed by atoms with van der Waals surface area (Å²) in [5.74, 6) is 1.46. The molecule has 3 nitrogen and oxygen atoms in total. The lowest BCUT2D eigenvalue weighted by molar-refractivity contribution is 0.463. The van der Waals surface area contributed by atoms with E-state index in [1.165, 1.54) is 12.8 Å². The number of fused-ring (bicyclic) bond motifs is 2. The summed E-state index contributed by atoms with van der Waals surface area (Å²) >= 11 is 6.35. The van der Waals surface area contributed by atoms with Gasteiger partial charge >= 0.3 is 0 Å². The molecular formula is C14H20ClN3. The Kier molecular flexibility index (Phi) is 3.20.